The summed E-state index contributed by atoms with van der Waals surface area (Å²) < 4.78 is 31.5. The van der Waals surface area contributed by atoms with Gasteiger partial charge in [0.2, 0.25) is 0 Å². The fourth-order valence-electron chi connectivity index (χ4n) is 5.00. The minimum absolute atomic E-state index is 0.0451. The van der Waals surface area contributed by atoms with Crippen molar-refractivity contribution in [2.45, 2.75) is 31.2 Å². The van der Waals surface area contributed by atoms with Gasteiger partial charge in [0.05, 0.1) is 16.3 Å². The molecule has 0 unspecified atom stereocenters. The van der Waals surface area contributed by atoms with Gasteiger partial charge in [0, 0.05) is 31.4 Å². The van der Waals surface area contributed by atoms with Gasteiger partial charge < -0.3 is 4.90 Å². The molecule has 1 aromatic heterocycles. The van der Waals surface area contributed by atoms with Crippen molar-refractivity contribution in [3.8, 4) is 5.69 Å². The predicted molar refractivity (Wildman–Crippen MR) is 144 cm³/mol. The molecule has 9 heteroatoms. The molecule has 1 amide bonds. The number of hydrogen-bond donors (Lipinski definition) is 0. The topological polar surface area (TPSA) is 84.6 Å². The lowest BCUT2D eigenvalue weighted by Gasteiger charge is -2.23. The van der Waals surface area contributed by atoms with E-state index >= 15 is 0 Å². The maximum absolute atomic E-state index is 13.7. The lowest BCUT2D eigenvalue weighted by molar-refractivity contribution is 0.0981. The van der Waals surface area contributed by atoms with Crippen LogP contribution < -0.4 is 14.8 Å². The summed E-state index contributed by atoms with van der Waals surface area (Å²) in [6.07, 6.45) is 0.740. The first-order valence-corrected chi connectivity index (χ1v) is 13.4. The number of fused-ring (bicyclic) bond motifs is 1. The SMILES string of the molecule is Cc1c(N(C)S(=O)(=O)c2cccc(C(=O)N3c4ccccc4C[C@H]3C)c2)c(=O)n(-c2ccccc2)n1C. The molecule has 4 aromatic rings. The summed E-state index contributed by atoms with van der Waals surface area (Å²) in [5, 5.41) is 0. The summed E-state index contributed by atoms with van der Waals surface area (Å²) in [5.41, 5.74) is 2.91. The molecular weight excluding hydrogens is 488 g/mol. The zero-order valence-electron chi connectivity index (χ0n) is 21.1. The van der Waals surface area contributed by atoms with E-state index < -0.39 is 15.6 Å². The Morgan fingerprint density at radius 3 is 2.38 bits per heavy atom. The third-order valence-electron chi connectivity index (χ3n) is 7.00. The Balaban J connectivity index is 1.52. The molecule has 0 saturated heterocycles. The molecule has 37 heavy (non-hydrogen) atoms. The molecule has 3 aromatic carbocycles. The molecular formula is C28H28N4O4S. The average molecular weight is 517 g/mol. The van der Waals surface area contributed by atoms with Crippen LogP contribution in [0.5, 0.6) is 0 Å². The van der Waals surface area contributed by atoms with E-state index in [-0.39, 0.29) is 28.1 Å². The van der Waals surface area contributed by atoms with Crippen LogP contribution in [0.4, 0.5) is 11.4 Å². The Morgan fingerprint density at radius 1 is 0.973 bits per heavy atom. The molecule has 2 heterocycles. The van der Waals surface area contributed by atoms with Crippen molar-refractivity contribution >= 4 is 27.3 Å². The molecule has 0 N–H and O–H groups in total. The van der Waals surface area contributed by atoms with Crippen LogP contribution in [0, 0.1) is 6.92 Å². The zero-order valence-corrected chi connectivity index (χ0v) is 21.9. The number of nitrogens with zero attached hydrogens (tertiary/aromatic N) is 4. The number of anilines is 2. The second-order valence-electron chi connectivity index (χ2n) is 9.27. The van der Waals surface area contributed by atoms with Gasteiger partial charge in [0.15, 0.2) is 0 Å². The van der Waals surface area contributed by atoms with Gasteiger partial charge in [-0.3, -0.25) is 18.6 Å². The van der Waals surface area contributed by atoms with Crippen LogP contribution in [0.25, 0.3) is 5.69 Å². The van der Waals surface area contributed by atoms with Crippen LogP contribution in [0.15, 0.2) is 88.6 Å². The Bertz CT molecular complexity index is 1670. The minimum Gasteiger partial charge on any atom is -0.305 e. The quantitative estimate of drug-likeness (QED) is 0.403. The molecule has 0 bridgehead atoms. The lowest BCUT2D eigenvalue weighted by atomic mass is 10.1. The first-order valence-electron chi connectivity index (χ1n) is 12.0. The Morgan fingerprint density at radius 2 is 1.65 bits per heavy atom. The van der Waals surface area contributed by atoms with Crippen LogP contribution in [-0.4, -0.2) is 36.8 Å². The lowest BCUT2D eigenvalue weighted by Crippen LogP contribution is -2.36. The van der Waals surface area contributed by atoms with E-state index in [2.05, 4.69) is 0 Å². The minimum atomic E-state index is -4.14. The summed E-state index contributed by atoms with van der Waals surface area (Å²) in [6, 6.07) is 22.7. The van der Waals surface area contributed by atoms with Gasteiger partial charge in [0.25, 0.3) is 21.5 Å². The number of rotatable bonds is 5. The molecule has 5 rings (SSSR count). The third-order valence-corrected chi connectivity index (χ3v) is 8.76. The summed E-state index contributed by atoms with van der Waals surface area (Å²) in [7, 11) is -1.07. The predicted octanol–water partition coefficient (Wildman–Crippen LogP) is 3.90. The number of amides is 1. The summed E-state index contributed by atoms with van der Waals surface area (Å²) in [4.78, 5) is 28.6. The van der Waals surface area contributed by atoms with E-state index in [1.807, 2.05) is 49.4 Å². The monoisotopic (exact) mass is 516 g/mol. The Labute approximate surface area is 216 Å². The maximum Gasteiger partial charge on any atom is 0.296 e. The number of carbonyl (C=O) groups excluding carboxylic acids is 1. The van der Waals surface area contributed by atoms with E-state index in [1.54, 1.807) is 47.8 Å². The largest absolute Gasteiger partial charge is 0.305 e. The van der Waals surface area contributed by atoms with Crippen LogP contribution in [0.2, 0.25) is 0 Å². The van der Waals surface area contributed by atoms with Crippen LogP contribution in [0.3, 0.4) is 0 Å². The summed E-state index contributed by atoms with van der Waals surface area (Å²) in [6.45, 7) is 3.68. The second kappa shape index (κ2) is 9.08. The molecule has 1 aliphatic heterocycles. The molecule has 1 aliphatic rings. The molecule has 0 saturated carbocycles. The Hall–Kier alpha value is -4.11. The summed E-state index contributed by atoms with van der Waals surface area (Å²) >= 11 is 0. The van der Waals surface area contributed by atoms with Crippen molar-refractivity contribution in [1.82, 2.24) is 9.36 Å². The van der Waals surface area contributed by atoms with Crippen molar-refractivity contribution in [1.29, 1.82) is 0 Å². The normalized spacial score (nSPS) is 15.0. The average Bonchev–Trinajstić information content (AvgIpc) is 3.35. The number of benzene rings is 3. The van der Waals surface area contributed by atoms with Crippen LogP contribution >= 0.6 is 0 Å². The van der Waals surface area contributed by atoms with Gasteiger partial charge in [0.1, 0.15) is 5.69 Å². The van der Waals surface area contributed by atoms with Crippen molar-refractivity contribution in [2.75, 3.05) is 16.3 Å². The highest BCUT2D eigenvalue weighted by molar-refractivity contribution is 7.92. The van der Waals surface area contributed by atoms with Gasteiger partial charge in [-0.15, -0.1) is 0 Å². The smallest absolute Gasteiger partial charge is 0.296 e. The number of sulfonamides is 1. The molecule has 0 fully saturated rings. The van der Waals surface area contributed by atoms with E-state index in [0.717, 1.165) is 22.0 Å². The fraction of sp³-hybridized carbons (Fsp3) is 0.214. The fourth-order valence-corrected chi connectivity index (χ4v) is 6.29. The van der Waals surface area contributed by atoms with Gasteiger partial charge in [-0.25, -0.2) is 13.1 Å². The highest BCUT2D eigenvalue weighted by atomic mass is 32.2. The van der Waals surface area contributed by atoms with E-state index in [4.69, 9.17) is 0 Å². The Kier molecular flexibility index (Phi) is 6.03. The van der Waals surface area contributed by atoms with Crippen molar-refractivity contribution in [3.05, 3.63) is 106 Å². The second-order valence-corrected chi connectivity index (χ2v) is 11.2. The third kappa shape index (κ3) is 3.95. The van der Waals surface area contributed by atoms with Crippen molar-refractivity contribution in [2.24, 2.45) is 7.05 Å². The van der Waals surface area contributed by atoms with Gasteiger partial charge >= 0.3 is 0 Å². The number of aromatic nitrogens is 2. The van der Waals surface area contributed by atoms with Gasteiger partial charge in [-0.2, -0.15) is 0 Å². The standard InChI is InChI=1S/C28H28N4O4S/c1-19-17-21-11-8-9-16-25(21)31(19)27(33)22-12-10-15-24(18-22)37(35,36)30(4)26-20(2)29(3)32(28(26)34)23-13-6-5-7-14-23/h5-16,18-19H,17H2,1-4H3/t19-/m1/s1. The van der Waals surface area contributed by atoms with Crippen LogP contribution in [-0.2, 0) is 23.5 Å². The van der Waals surface area contributed by atoms with Crippen LogP contribution in [0.1, 0.15) is 28.5 Å². The number of carbonyl (C=O) groups is 1. The molecule has 0 aliphatic carbocycles. The van der Waals surface area contributed by atoms with Gasteiger partial charge in [-0.05, 0) is 62.2 Å². The highest BCUT2D eigenvalue weighted by Gasteiger charge is 2.33. The molecule has 8 nitrogen and oxygen atoms in total. The molecule has 0 radical (unpaired) electrons. The number of hydrogen-bond acceptors (Lipinski definition) is 4. The van der Waals surface area contributed by atoms with E-state index in [1.165, 1.54) is 23.9 Å². The first kappa shape index (κ1) is 24.6. The van der Waals surface area contributed by atoms with Crippen molar-refractivity contribution < 1.29 is 13.2 Å². The van der Waals surface area contributed by atoms with Crippen molar-refractivity contribution in [3.63, 3.8) is 0 Å². The summed E-state index contributed by atoms with van der Waals surface area (Å²) in [5.74, 6) is -0.264. The first-order chi connectivity index (χ1) is 17.6. The highest BCUT2D eigenvalue weighted by Crippen LogP contribution is 2.33. The number of para-hydroxylation sites is 2. The zero-order chi connectivity index (χ0) is 26.5. The maximum atomic E-state index is 13.7. The molecule has 0 spiro atoms. The van der Waals surface area contributed by atoms with E-state index in [9.17, 15) is 18.0 Å². The molecule has 190 valence electrons. The van der Waals surface area contributed by atoms with Gasteiger partial charge in [-0.1, -0.05) is 42.5 Å². The van der Waals surface area contributed by atoms with E-state index in [0.29, 0.717) is 11.4 Å². The molecule has 1 atom stereocenters.